The average molecular weight is 267 g/mol. The highest BCUT2D eigenvalue weighted by molar-refractivity contribution is 5.96. The number of carboxylic acid groups (broad SMARTS) is 1. The van der Waals surface area contributed by atoms with Crippen molar-refractivity contribution in [1.29, 1.82) is 0 Å². The van der Waals surface area contributed by atoms with Crippen LogP contribution < -0.4 is 11.1 Å². The SMILES string of the molecule is NC(=O)CC[C@@H](NC(=O)c1cncc(O)c1)C(=O)O. The number of hydrogen-bond acceptors (Lipinski definition) is 5. The van der Waals surface area contributed by atoms with Gasteiger partial charge >= 0.3 is 5.97 Å². The highest BCUT2D eigenvalue weighted by Gasteiger charge is 2.21. The van der Waals surface area contributed by atoms with Crippen LogP contribution in [-0.2, 0) is 9.59 Å². The van der Waals surface area contributed by atoms with E-state index in [4.69, 9.17) is 15.9 Å². The van der Waals surface area contributed by atoms with Crippen LogP contribution in [0.4, 0.5) is 0 Å². The van der Waals surface area contributed by atoms with E-state index in [2.05, 4.69) is 10.3 Å². The molecule has 1 aromatic heterocycles. The molecule has 5 N–H and O–H groups in total. The molecular weight excluding hydrogens is 254 g/mol. The second-order valence-electron chi connectivity index (χ2n) is 3.80. The van der Waals surface area contributed by atoms with Gasteiger partial charge in [0.2, 0.25) is 5.91 Å². The summed E-state index contributed by atoms with van der Waals surface area (Å²) in [5.41, 5.74) is 4.93. The Morgan fingerprint density at radius 3 is 2.58 bits per heavy atom. The van der Waals surface area contributed by atoms with Crippen LogP contribution in [0.15, 0.2) is 18.5 Å². The maximum absolute atomic E-state index is 11.7. The molecule has 0 aliphatic heterocycles. The number of nitrogens with one attached hydrogen (secondary N) is 1. The third-order valence-electron chi connectivity index (χ3n) is 2.27. The summed E-state index contributed by atoms with van der Waals surface area (Å²) < 4.78 is 0. The Hall–Kier alpha value is -2.64. The predicted octanol–water partition coefficient (Wildman–Crippen LogP) is -0.764. The van der Waals surface area contributed by atoms with Crippen molar-refractivity contribution in [2.24, 2.45) is 5.73 Å². The number of hydrogen-bond donors (Lipinski definition) is 4. The van der Waals surface area contributed by atoms with Gasteiger partial charge in [0, 0.05) is 12.6 Å². The first-order valence-corrected chi connectivity index (χ1v) is 5.36. The molecule has 1 atom stereocenters. The topological polar surface area (TPSA) is 143 Å². The largest absolute Gasteiger partial charge is 0.506 e. The third-order valence-corrected chi connectivity index (χ3v) is 2.27. The maximum atomic E-state index is 11.7. The molecule has 1 rings (SSSR count). The van der Waals surface area contributed by atoms with Gasteiger partial charge in [-0.05, 0) is 12.5 Å². The minimum absolute atomic E-state index is 0.0188. The molecule has 19 heavy (non-hydrogen) atoms. The van der Waals surface area contributed by atoms with Gasteiger partial charge in [-0.3, -0.25) is 14.6 Å². The van der Waals surface area contributed by atoms with Crippen molar-refractivity contribution in [2.75, 3.05) is 0 Å². The Morgan fingerprint density at radius 1 is 1.37 bits per heavy atom. The molecule has 0 spiro atoms. The molecule has 0 aliphatic carbocycles. The summed E-state index contributed by atoms with van der Waals surface area (Å²) in [5, 5.41) is 20.3. The van der Waals surface area contributed by atoms with Crippen LogP contribution in [0.25, 0.3) is 0 Å². The Bertz CT molecular complexity index is 503. The molecule has 1 aromatic rings. The number of aromatic nitrogens is 1. The third kappa shape index (κ3) is 4.62. The summed E-state index contributed by atoms with van der Waals surface area (Å²) in [6.07, 6.45) is 2.05. The van der Waals surface area contributed by atoms with Gasteiger partial charge in [0.1, 0.15) is 11.8 Å². The molecule has 1 heterocycles. The number of carboxylic acids is 1. The van der Waals surface area contributed by atoms with E-state index in [-0.39, 0.29) is 24.2 Å². The molecule has 0 bridgehead atoms. The van der Waals surface area contributed by atoms with Crippen molar-refractivity contribution in [2.45, 2.75) is 18.9 Å². The molecule has 0 saturated heterocycles. The fourth-order valence-corrected chi connectivity index (χ4v) is 1.34. The predicted molar refractivity (Wildman–Crippen MR) is 63.2 cm³/mol. The Balaban J connectivity index is 2.71. The second-order valence-corrected chi connectivity index (χ2v) is 3.80. The Kier molecular flexibility index (Phi) is 4.81. The number of primary amides is 1. The summed E-state index contributed by atoms with van der Waals surface area (Å²) in [7, 11) is 0. The average Bonchev–Trinajstić information content (AvgIpc) is 2.33. The molecule has 0 unspecified atom stereocenters. The smallest absolute Gasteiger partial charge is 0.326 e. The first-order chi connectivity index (χ1) is 8.90. The van der Waals surface area contributed by atoms with E-state index in [9.17, 15) is 14.4 Å². The molecule has 0 aliphatic rings. The number of carbonyl (C=O) groups excluding carboxylic acids is 2. The maximum Gasteiger partial charge on any atom is 0.326 e. The van der Waals surface area contributed by atoms with Crippen molar-refractivity contribution in [1.82, 2.24) is 10.3 Å². The second kappa shape index (κ2) is 6.34. The van der Waals surface area contributed by atoms with E-state index in [0.717, 1.165) is 12.3 Å². The number of pyridine rings is 1. The molecule has 2 amide bonds. The molecule has 0 radical (unpaired) electrons. The van der Waals surface area contributed by atoms with E-state index in [1.165, 1.54) is 6.20 Å². The van der Waals surface area contributed by atoms with E-state index < -0.39 is 23.8 Å². The standard InChI is InChI=1S/C11H13N3O5/c12-9(16)2-1-8(11(18)19)14-10(17)6-3-7(15)5-13-4-6/h3-5,8,15H,1-2H2,(H2,12,16)(H,14,17)(H,18,19)/t8-/m1/s1. The highest BCUT2D eigenvalue weighted by Crippen LogP contribution is 2.09. The zero-order chi connectivity index (χ0) is 14.4. The van der Waals surface area contributed by atoms with Gasteiger partial charge in [-0.15, -0.1) is 0 Å². The minimum atomic E-state index is -1.28. The van der Waals surface area contributed by atoms with Crippen molar-refractivity contribution >= 4 is 17.8 Å². The summed E-state index contributed by atoms with van der Waals surface area (Å²) in [6, 6.07) is -0.0858. The van der Waals surface area contributed by atoms with Gasteiger partial charge in [0.05, 0.1) is 11.8 Å². The van der Waals surface area contributed by atoms with Gasteiger partial charge in [0.25, 0.3) is 5.91 Å². The first kappa shape index (κ1) is 14.4. The van der Waals surface area contributed by atoms with Crippen LogP contribution >= 0.6 is 0 Å². The number of amides is 2. The van der Waals surface area contributed by atoms with E-state index in [1.807, 2.05) is 0 Å². The van der Waals surface area contributed by atoms with Crippen LogP contribution in [0.2, 0.25) is 0 Å². The van der Waals surface area contributed by atoms with Gasteiger partial charge in [-0.25, -0.2) is 4.79 Å². The zero-order valence-electron chi connectivity index (χ0n) is 9.87. The van der Waals surface area contributed by atoms with E-state index >= 15 is 0 Å². The molecule has 102 valence electrons. The fourth-order valence-electron chi connectivity index (χ4n) is 1.34. The van der Waals surface area contributed by atoms with Crippen molar-refractivity contribution in [3.8, 4) is 5.75 Å². The van der Waals surface area contributed by atoms with Gasteiger partial charge < -0.3 is 21.3 Å². The molecule has 0 saturated carbocycles. The molecule has 0 aromatic carbocycles. The Labute approximate surface area is 108 Å². The van der Waals surface area contributed by atoms with E-state index in [1.54, 1.807) is 0 Å². The van der Waals surface area contributed by atoms with Gasteiger partial charge in [-0.1, -0.05) is 0 Å². The number of aliphatic carboxylic acids is 1. The first-order valence-electron chi connectivity index (χ1n) is 5.36. The molecule has 0 fully saturated rings. The van der Waals surface area contributed by atoms with Gasteiger partial charge in [-0.2, -0.15) is 0 Å². The summed E-state index contributed by atoms with van der Waals surface area (Å²) >= 11 is 0. The van der Waals surface area contributed by atoms with Gasteiger partial charge in [0.15, 0.2) is 0 Å². The normalized spacial score (nSPS) is 11.6. The lowest BCUT2D eigenvalue weighted by atomic mass is 10.1. The van der Waals surface area contributed by atoms with Crippen LogP contribution in [0.3, 0.4) is 0 Å². The fraction of sp³-hybridized carbons (Fsp3) is 0.273. The number of nitrogens with two attached hydrogens (primary N) is 1. The van der Waals surface area contributed by atoms with Crippen LogP contribution in [0, 0.1) is 0 Å². The zero-order valence-corrected chi connectivity index (χ0v) is 9.87. The Morgan fingerprint density at radius 2 is 2.05 bits per heavy atom. The number of aromatic hydroxyl groups is 1. The van der Waals surface area contributed by atoms with Crippen LogP contribution in [0.5, 0.6) is 5.75 Å². The minimum Gasteiger partial charge on any atom is -0.506 e. The number of carbonyl (C=O) groups is 3. The van der Waals surface area contributed by atoms with Crippen molar-refractivity contribution in [3.05, 3.63) is 24.0 Å². The van der Waals surface area contributed by atoms with E-state index in [0.29, 0.717) is 0 Å². The molecular formula is C11H13N3O5. The quantitative estimate of drug-likeness (QED) is 0.533. The number of rotatable bonds is 6. The summed E-state index contributed by atoms with van der Waals surface area (Å²) in [6.45, 7) is 0. The van der Waals surface area contributed by atoms with Crippen LogP contribution in [0.1, 0.15) is 23.2 Å². The monoisotopic (exact) mass is 267 g/mol. The molecule has 8 nitrogen and oxygen atoms in total. The van der Waals surface area contributed by atoms with Crippen molar-refractivity contribution < 1.29 is 24.6 Å². The molecule has 8 heteroatoms. The lowest BCUT2D eigenvalue weighted by Crippen LogP contribution is -2.41. The summed E-state index contributed by atoms with van der Waals surface area (Å²) in [5.74, 6) is -2.85. The summed E-state index contributed by atoms with van der Waals surface area (Å²) in [4.78, 5) is 36.8. The van der Waals surface area contributed by atoms with Crippen LogP contribution in [-0.4, -0.2) is 39.0 Å². The lowest BCUT2D eigenvalue weighted by molar-refractivity contribution is -0.139. The number of nitrogens with zero attached hydrogens (tertiary/aromatic N) is 1. The van der Waals surface area contributed by atoms with Crippen molar-refractivity contribution in [3.63, 3.8) is 0 Å². The lowest BCUT2D eigenvalue weighted by Gasteiger charge is -2.13. The highest BCUT2D eigenvalue weighted by atomic mass is 16.4.